The number of carbonyl (C=O) groups is 1. The van der Waals surface area contributed by atoms with E-state index in [4.69, 9.17) is 0 Å². The molecule has 1 amide bonds. The van der Waals surface area contributed by atoms with E-state index in [1.807, 2.05) is 44.3 Å². The zero-order valence-corrected chi connectivity index (χ0v) is 17.8. The minimum Gasteiger partial charge on any atom is -0.360 e. The number of fused-ring (bicyclic) bond motifs is 1. The molecule has 0 aliphatic heterocycles. The van der Waals surface area contributed by atoms with Crippen molar-refractivity contribution in [3.8, 4) is 11.4 Å². The number of aryl methyl sites for hydroxylation is 2. The number of carbonyl (C=O) groups excluding carboxylic acids is 1. The Balaban J connectivity index is 1.36. The topological polar surface area (TPSA) is 75.6 Å². The van der Waals surface area contributed by atoms with Crippen LogP contribution in [0, 0.1) is 13.8 Å². The zero-order chi connectivity index (χ0) is 20.7. The summed E-state index contributed by atoms with van der Waals surface area (Å²) in [5.74, 6) is 1.13. The van der Waals surface area contributed by atoms with Crippen LogP contribution < -0.4 is 5.32 Å². The number of hydrogen-bond acceptors (Lipinski definition) is 4. The van der Waals surface area contributed by atoms with Gasteiger partial charge in [0.25, 0.3) is 0 Å². The van der Waals surface area contributed by atoms with Gasteiger partial charge in [0.15, 0.2) is 11.0 Å². The molecule has 0 saturated heterocycles. The second kappa shape index (κ2) is 7.65. The van der Waals surface area contributed by atoms with Crippen molar-refractivity contribution in [2.45, 2.75) is 37.9 Å². The number of H-pyrrole nitrogens is 1. The van der Waals surface area contributed by atoms with E-state index in [0.717, 1.165) is 51.5 Å². The van der Waals surface area contributed by atoms with Crippen molar-refractivity contribution in [1.82, 2.24) is 19.7 Å². The van der Waals surface area contributed by atoms with Crippen molar-refractivity contribution in [2.24, 2.45) is 0 Å². The van der Waals surface area contributed by atoms with Gasteiger partial charge in [-0.15, -0.1) is 10.2 Å². The summed E-state index contributed by atoms with van der Waals surface area (Å²) in [5.41, 5.74) is 5.24. The van der Waals surface area contributed by atoms with Gasteiger partial charge < -0.3 is 10.3 Å². The van der Waals surface area contributed by atoms with Crippen LogP contribution in [0.1, 0.15) is 30.0 Å². The summed E-state index contributed by atoms with van der Waals surface area (Å²) in [6.07, 6.45) is 4.24. The van der Waals surface area contributed by atoms with E-state index < -0.39 is 0 Å². The molecule has 0 bridgehead atoms. The van der Waals surface area contributed by atoms with E-state index in [1.165, 1.54) is 17.3 Å². The molecule has 1 aliphatic rings. The fourth-order valence-corrected chi connectivity index (χ4v) is 4.55. The van der Waals surface area contributed by atoms with Crippen molar-refractivity contribution in [2.75, 3.05) is 11.1 Å². The fourth-order valence-electron chi connectivity index (χ4n) is 3.75. The molecule has 0 atom stereocenters. The van der Waals surface area contributed by atoms with E-state index in [2.05, 4.69) is 43.3 Å². The van der Waals surface area contributed by atoms with Gasteiger partial charge >= 0.3 is 0 Å². The second-order valence-corrected chi connectivity index (χ2v) is 8.75. The van der Waals surface area contributed by atoms with E-state index in [9.17, 15) is 4.79 Å². The highest BCUT2D eigenvalue weighted by atomic mass is 32.2. The van der Waals surface area contributed by atoms with Crippen LogP contribution >= 0.6 is 11.8 Å². The Hall–Kier alpha value is -3.06. The molecular weight excluding hydrogens is 394 g/mol. The van der Waals surface area contributed by atoms with Crippen molar-refractivity contribution >= 4 is 34.3 Å². The maximum Gasteiger partial charge on any atom is 0.234 e. The van der Waals surface area contributed by atoms with Crippen LogP contribution in [0.5, 0.6) is 0 Å². The molecule has 6 nitrogen and oxygen atoms in total. The van der Waals surface area contributed by atoms with Crippen LogP contribution in [-0.4, -0.2) is 31.4 Å². The molecule has 152 valence electrons. The maximum absolute atomic E-state index is 12.5. The molecule has 0 unspecified atom stereocenters. The Morgan fingerprint density at radius 1 is 1.20 bits per heavy atom. The largest absolute Gasteiger partial charge is 0.360 e. The predicted molar refractivity (Wildman–Crippen MR) is 121 cm³/mol. The Kier molecular flexibility index (Phi) is 4.83. The number of rotatable bonds is 6. The van der Waals surface area contributed by atoms with Gasteiger partial charge in [-0.3, -0.25) is 9.36 Å². The second-order valence-electron chi connectivity index (χ2n) is 7.81. The number of hydrogen-bond donors (Lipinski definition) is 2. The van der Waals surface area contributed by atoms with Gasteiger partial charge in [-0.05, 0) is 44.4 Å². The minimum absolute atomic E-state index is 0.0362. The average molecular weight is 418 g/mol. The number of aromatic nitrogens is 4. The Bertz CT molecular complexity index is 1240. The molecule has 1 aliphatic carbocycles. The van der Waals surface area contributed by atoms with E-state index in [1.54, 1.807) is 0 Å². The Morgan fingerprint density at radius 2 is 2.03 bits per heavy atom. The lowest BCUT2D eigenvalue weighted by atomic mass is 10.1. The van der Waals surface area contributed by atoms with E-state index in [0.29, 0.717) is 11.8 Å². The lowest BCUT2D eigenvalue weighted by Gasteiger charge is -2.10. The summed E-state index contributed by atoms with van der Waals surface area (Å²) in [6.45, 7) is 4.05. The standard InChI is InChI=1S/C23H23N5OS/c1-14-7-10-19(15(2)11-14)25-21(29)13-30-23-27-26-22(28(23)16-8-9-16)18-12-24-20-6-4-3-5-17(18)20/h3-7,10-12,16,24H,8-9,13H2,1-2H3,(H,25,29). The number of nitrogens with one attached hydrogen (secondary N) is 2. The highest BCUT2D eigenvalue weighted by molar-refractivity contribution is 7.99. The number of benzene rings is 2. The monoisotopic (exact) mass is 417 g/mol. The third-order valence-electron chi connectivity index (χ3n) is 5.40. The number of para-hydroxylation sites is 1. The van der Waals surface area contributed by atoms with E-state index >= 15 is 0 Å². The molecule has 2 N–H and O–H groups in total. The first kappa shape index (κ1) is 18.9. The molecule has 2 aromatic carbocycles. The maximum atomic E-state index is 12.5. The molecule has 1 saturated carbocycles. The molecule has 0 radical (unpaired) electrons. The average Bonchev–Trinajstić information content (AvgIpc) is 3.34. The highest BCUT2D eigenvalue weighted by Crippen LogP contribution is 2.42. The summed E-state index contributed by atoms with van der Waals surface area (Å²) in [7, 11) is 0. The molecule has 2 aromatic heterocycles. The minimum atomic E-state index is -0.0362. The molecule has 0 spiro atoms. The first-order valence-corrected chi connectivity index (χ1v) is 11.1. The number of nitrogens with zero attached hydrogens (tertiary/aromatic N) is 3. The van der Waals surface area contributed by atoms with Crippen LogP contribution in [-0.2, 0) is 4.79 Å². The van der Waals surface area contributed by atoms with Crippen molar-refractivity contribution in [1.29, 1.82) is 0 Å². The van der Waals surface area contributed by atoms with Gasteiger partial charge in [-0.1, -0.05) is 47.7 Å². The summed E-state index contributed by atoms with van der Waals surface area (Å²) >= 11 is 1.44. The molecule has 2 heterocycles. The predicted octanol–water partition coefficient (Wildman–Crippen LogP) is 5.11. The van der Waals surface area contributed by atoms with Crippen LogP contribution in [0.25, 0.3) is 22.3 Å². The van der Waals surface area contributed by atoms with Crippen LogP contribution in [0.3, 0.4) is 0 Å². The van der Waals surface area contributed by atoms with Crippen LogP contribution in [0.4, 0.5) is 5.69 Å². The normalized spacial score (nSPS) is 13.7. The van der Waals surface area contributed by atoms with Gasteiger partial charge in [-0.25, -0.2) is 0 Å². The van der Waals surface area contributed by atoms with Gasteiger partial charge in [0.2, 0.25) is 5.91 Å². The first-order valence-electron chi connectivity index (χ1n) is 10.1. The fraction of sp³-hybridized carbons (Fsp3) is 0.261. The van der Waals surface area contributed by atoms with Gasteiger partial charge in [0, 0.05) is 34.4 Å². The molecular formula is C23H23N5OS. The van der Waals surface area contributed by atoms with Crippen LogP contribution in [0.15, 0.2) is 53.8 Å². The summed E-state index contributed by atoms with van der Waals surface area (Å²) in [4.78, 5) is 15.9. The molecule has 5 rings (SSSR count). The SMILES string of the molecule is Cc1ccc(NC(=O)CSc2nnc(-c3c[nH]c4ccccc34)n2C2CC2)c(C)c1. The smallest absolute Gasteiger partial charge is 0.234 e. The highest BCUT2D eigenvalue weighted by Gasteiger charge is 2.31. The summed E-state index contributed by atoms with van der Waals surface area (Å²) < 4.78 is 2.20. The third-order valence-corrected chi connectivity index (χ3v) is 6.34. The van der Waals surface area contributed by atoms with E-state index in [-0.39, 0.29) is 5.91 Å². The van der Waals surface area contributed by atoms with Gasteiger partial charge in [0.1, 0.15) is 0 Å². The Labute approximate surface area is 179 Å². The molecule has 30 heavy (non-hydrogen) atoms. The van der Waals surface area contributed by atoms with Crippen molar-refractivity contribution in [3.63, 3.8) is 0 Å². The molecule has 4 aromatic rings. The lowest BCUT2D eigenvalue weighted by Crippen LogP contribution is -2.15. The number of thioether (sulfide) groups is 1. The number of aromatic amines is 1. The van der Waals surface area contributed by atoms with Crippen LogP contribution in [0.2, 0.25) is 0 Å². The summed E-state index contributed by atoms with van der Waals surface area (Å²) in [5, 5.41) is 13.9. The molecule has 7 heteroatoms. The number of anilines is 1. The summed E-state index contributed by atoms with van der Waals surface area (Å²) in [6, 6.07) is 14.6. The quantitative estimate of drug-likeness (QED) is 0.428. The third kappa shape index (κ3) is 3.61. The lowest BCUT2D eigenvalue weighted by molar-refractivity contribution is -0.113. The van der Waals surface area contributed by atoms with Crippen molar-refractivity contribution < 1.29 is 4.79 Å². The number of amides is 1. The first-order chi connectivity index (χ1) is 14.6. The van der Waals surface area contributed by atoms with Crippen molar-refractivity contribution in [3.05, 3.63) is 59.8 Å². The zero-order valence-electron chi connectivity index (χ0n) is 17.0. The molecule has 1 fully saturated rings. The van der Waals surface area contributed by atoms with Gasteiger partial charge in [-0.2, -0.15) is 0 Å². The van der Waals surface area contributed by atoms with Gasteiger partial charge in [0.05, 0.1) is 5.75 Å². The Morgan fingerprint density at radius 3 is 2.83 bits per heavy atom.